The van der Waals surface area contributed by atoms with Crippen LogP contribution in [0.1, 0.15) is 18.4 Å². The molecule has 0 aliphatic carbocycles. The second-order valence-electron chi connectivity index (χ2n) is 6.09. The predicted octanol–water partition coefficient (Wildman–Crippen LogP) is 3.13. The zero-order chi connectivity index (χ0) is 19.6. The van der Waals surface area contributed by atoms with E-state index in [1.54, 1.807) is 23.1 Å². The standard InChI is InChI=1S/C18H19BrN2O5S/c1-25-13-9-12(19)7-11(16(13)26-2)8-14-17(23)21(18(24)27-14)10-15(22)20-5-3-4-6-20/h7-9H,3-6,10H2,1-2H3/b14-8+. The minimum atomic E-state index is -0.474. The molecule has 2 fully saturated rings. The molecule has 144 valence electrons. The van der Waals surface area contributed by atoms with Gasteiger partial charge >= 0.3 is 0 Å². The molecular weight excluding hydrogens is 436 g/mol. The van der Waals surface area contributed by atoms with Gasteiger partial charge in [-0.2, -0.15) is 0 Å². The summed E-state index contributed by atoms with van der Waals surface area (Å²) in [7, 11) is 3.02. The second kappa shape index (κ2) is 8.35. The van der Waals surface area contributed by atoms with Crippen molar-refractivity contribution in [1.29, 1.82) is 0 Å². The number of thioether (sulfide) groups is 1. The number of nitrogens with zero attached hydrogens (tertiary/aromatic N) is 2. The van der Waals surface area contributed by atoms with Gasteiger partial charge < -0.3 is 14.4 Å². The minimum absolute atomic E-state index is 0.197. The van der Waals surface area contributed by atoms with E-state index in [4.69, 9.17) is 9.47 Å². The highest BCUT2D eigenvalue weighted by atomic mass is 79.9. The average molecular weight is 455 g/mol. The number of methoxy groups -OCH3 is 2. The third-order valence-electron chi connectivity index (χ3n) is 4.38. The summed E-state index contributed by atoms with van der Waals surface area (Å²) >= 11 is 4.21. The van der Waals surface area contributed by atoms with Crippen molar-refractivity contribution in [2.24, 2.45) is 0 Å². The Morgan fingerprint density at radius 2 is 1.93 bits per heavy atom. The van der Waals surface area contributed by atoms with E-state index in [0.717, 1.165) is 34.0 Å². The van der Waals surface area contributed by atoms with Crippen molar-refractivity contribution >= 4 is 50.8 Å². The molecule has 0 N–H and O–H groups in total. The molecule has 0 saturated carbocycles. The first-order valence-electron chi connectivity index (χ1n) is 8.39. The Labute approximate surface area is 169 Å². The molecule has 0 radical (unpaired) electrons. The number of hydrogen-bond donors (Lipinski definition) is 0. The van der Waals surface area contributed by atoms with E-state index in [0.29, 0.717) is 30.2 Å². The number of carbonyl (C=O) groups excluding carboxylic acids is 3. The molecule has 2 aliphatic rings. The van der Waals surface area contributed by atoms with E-state index in [-0.39, 0.29) is 17.4 Å². The van der Waals surface area contributed by atoms with E-state index < -0.39 is 11.1 Å². The van der Waals surface area contributed by atoms with Crippen LogP contribution in [-0.4, -0.2) is 60.7 Å². The van der Waals surface area contributed by atoms with E-state index >= 15 is 0 Å². The molecule has 3 amide bonds. The summed E-state index contributed by atoms with van der Waals surface area (Å²) in [5.74, 6) is 0.290. The predicted molar refractivity (Wildman–Crippen MR) is 106 cm³/mol. The summed E-state index contributed by atoms with van der Waals surface area (Å²) in [5.41, 5.74) is 0.597. The molecule has 0 bridgehead atoms. The number of benzene rings is 1. The molecule has 3 rings (SSSR count). The van der Waals surface area contributed by atoms with E-state index in [1.807, 2.05) is 0 Å². The highest BCUT2D eigenvalue weighted by molar-refractivity contribution is 9.10. The molecule has 0 spiro atoms. The first kappa shape index (κ1) is 19.8. The van der Waals surface area contributed by atoms with Gasteiger partial charge in [0.15, 0.2) is 11.5 Å². The third-order valence-corrected chi connectivity index (χ3v) is 5.75. The normalized spacial score (nSPS) is 18.6. The fourth-order valence-electron chi connectivity index (χ4n) is 3.05. The highest BCUT2D eigenvalue weighted by Crippen LogP contribution is 2.39. The first-order chi connectivity index (χ1) is 12.9. The number of imide groups is 1. The van der Waals surface area contributed by atoms with Gasteiger partial charge in [-0.15, -0.1) is 0 Å². The van der Waals surface area contributed by atoms with Crippen LogP contribution in [0.3, 0.4) is 0 Å². The number of hydrogen-bond acceptors (Lipinski definition) is 6. The van der Waals surface area contributed by atoms with Gasteiger partial charge in [0.05, 0.1) is 19.1 Å². The number of carbonyl (C=O) groups is 3. The van der Waals surface area contributed by atoms with Crippen molar-refractivity contribution in [3.63, 3.8) is 0 Å². The lowest BCUT2D eigenvalue weighted by atomic mass is 10.1. The average Bonchev–Trinajstić information content (AvgIpc) is 3.26. The molecular formula is C18H19BrN2O5S. The summed E-state index contributed by atoms with van der Waals surface area (Å²) in [6, 6.07) is 3.52. The minimum Gasteiger partial charge on any atom is -0.493 e. The Hall–Kier alpha value is -2.00. The van der Waals surface area contributed by atoms with Crippen molar-refractivity contribution in [2.75, 3.05) is 33.9 Å². The van der Waals surface area contributed by atoms with E-state index in [9.17, 15) is 14.4 Å². The molecule has 1 aromatic carbocycles. The Morgan fingerprint density at radius 1 is 1.22 bits per heavy atom. The summed E-state index contributed by atoms with van der Waals surface area (Å²) in [6.07, 6.45) is 3.49. The van der Waals surface area contributed by atoms with Gasteiger partial charge in [-0.3, -0.25) is 19.3 Å². The quantitative estimate of drug-likeness (QED) is 0.636. The lowest BCUT2D eigenvalue weighted by molar-refractivity contribution is -0.135. The molecule has 27 heavy (non-hydrogen) atoms. The van der Waals surface area contributed by atoms with Crippen LogP contribution in [0.15, 0.2) is 21.5 Å². The highest BCUT2D eigenvalue weighted by Gasteiger charge is 2.37. The van der Waals surface area contributed by atoms with Crippen molar-refractivity contribution in [1.82, 2.24) is 9.80 Å². The van der Waals surface area contributed by atoms with Crippen LogP contribution in [0.5, 0.6) is 11.5 Å². The number of rotatable bonds is 5. The SMILES string of the molecule is COc1cc(Br)cc(/C=C2/SC(=O)N(CC(=O)N3CCCC3)C2=O)c1OC. The van der Waals surface area contributed by atoms with Gasteiger partial charge in [0.2, 0.25) is 5.91 Å². The smallest absolute Gasteiger partial charge is 0.294 e. The van der Waals surface area contributed by atoms with Crippen molar-refractivity contribution in [3.8, 4) is 11.5 Å². The van der Waals surface area contributed by atoms with Crippen LogP contribution in [0.25, 0.3) is 6.08 Å². The summed E-state index contributed by atoms with van der Waals surface area (Å²) in [5, 5.41) is -0.445. The summed E-state index contributed by atoms with van der Waals surface area (Å²) in [6.45, 7) is 1.14. The van der Waals surface area contributed by atoms with E-state index in [1.165, 1.54) is 14.2 Å². The number of likely N-dealkylation sites (tertiary alicyclic amines) is 1. The molecule has 7 nitrogen and oxygen atoms in total. The maximum absolute atomic E-state index is 12.7. The van der Waals surface area contributed by atoms with Gasteiger partial charge in [0.1, 0.15) is 6.54 Å². The van der Waals surface area contributed by atoms with Crippen molar-refractivity contribution in [3.05, 3.63) is 27.1 Å². The van der Waals surface area contributed by atoms with Crippen LogP contribution >= 0.6 is 27.7 Å². The number of halogens is 1. The van der Waals surface area contributed by atoms with Crippen molar-refractivity contribution in [2.45, 2.75) is 12.8 Å². The Balaban J connectivity index is 1.84. The maximum Gasteiger partial charge on any atom is 0.294 e. The third kappa shape index (κ3) is 4.14. The summed E-state index contributed by atoms with van der Waals surface area (Å²) in [4.78, 5) is 40.2. The molecule has 2 saturated heterocycles. The number of ether oxygens (including phenoxy) is 2. The zero-order valence-electron chi connectivity index (χ0n) is 15.0. The lowest BCUT2D eigenvalue weighted by Gasteiger charge is -2.18. The zero-order valence-corrected chi connectivity index (χ0v) is 17.4. The molecule has 0 atom stereocenters. The van der Waals surface area contributed by atoms with Gasteiger partial charge in [0, 0.05) is 23.1 Å². The van der Waals surface area contributed by atoms with Crippen LogP contribution in [0.2, 0.25) is 0 Å². The fourth-order valence-corrected chi connectivity index (χ4v) is 4.33. The van der Waals surface area contributed by atoms with Gasteiger partial charge in [-0.05, 0) is 42.8 Å². The van der Waals surface area contributed by atoms with Crippen LogP contribution in [0.4, 0.5) is 4.79 Å². The van der Waals surface area contributed by atoms with E-state index in [2.05, 4.69) is 15.9 Å². The maximum atomic E-state index is 12.7. The molecule has 0 aromatic heterocycles. The van der Waals surface area contributed by atoms with Gasteiger partial charge in [-0.1, -0.05) is 15.9 Å². The molecule has 1 aromatic rings. The van der Waals surface area contributed by atoms with Gasteiger partial charge in [0.25, 0.3) is 11.1 Å². The lowest BCUT2D eigenvalue weighted by Crippen LogP contribution is -2.40. The van der Waals surface area contributed by atoms with Gasteiger partial charge in [-0.25, -0.2) is 0 Å². The van der Waals surface area contributed by atoms with Crippen molar-refractivity contribution < 1.29 is 23.9 Å². The molecule has 2 aliphatic heterocycles. The Kier molecular flexibility index (Phi) is 6.11. The molecule has 2 heterocycles. The Bertz CT molecular complexity index is 820. The first-order valence-corrected chi connectivity index (χ1v) is 10.00. The molecule has 9 heteroatoms. The van der Waals surface area contributed by atoms with Crippen LogP contribution < -0.4 is 9.47 Å². The number of amides is 3. The largest absolute Gasteiger partial charge is 0.493 e. The summed E-state index contributed by atoms with van der Waals surface area (Å²) < 4.78 is 11.4. The fraction of sp³-hybridized carbons (Fsp3) is 0.389. The van der Waals surface area contributed by atoms with Crippen LogP contribution in [-0.2, 0) is 9.59 Å². The molecule has 0 unspecified atom stereocenters. The topological polar surface area (TPSA) is 76.2 Å². The monoisotopic (exact) mass is 454 g/mol. The van der Waals surface area contributed by atoms with Crippen LogP contribution in [0, 0.1) is 0 Å². The Morgan fingerprint density at radius 3 is 2.56 bits per heavy atom. The second-order valence-corrected chi connectivity index (χ2v) is 8.00.